The van der Waals surface area contributed by atoms with Gasteiger partial charge in [0.25, 0.3) is 0 Å². The minimum atomic E-state index is -0.646. The number of rotatable bonds is 7. The lowest BCUT2D eigenvalue weighted by atomic mass is 9.64. The van der Waals surface area contributed by atoms with Gasteiger partial charge in [-0.05, 0) is 112 Å². The summed E-state index contributed by atoms with van der Waals surface area (Å²) in [7, 11) is 0. The highest BCUT2D eigenvalue weighted by Gasteiger charge is 2.52. The molecule has 1 spiro atoms. The van der Waals surface area contributed by atoms with Gasteiger partial charge in [-0.15, -0.1) is 0 Å². The third-order valence-corrected chi connectivity index (χ3v) is 12.3. The van der Waals surface area contributed by atoms with Gasteiger partial charge in [0.2, 0.25) is 0 Å². The summed E-state index contributed by atoms with van der Waals surface area (Å²) in [6.45, 7) is 5.98. The highest BCUT2D eigenvalue weighted by molar-refractivity contribution is 6.16. The molecule has 0 saturated carbocycles. The van der Waals surface area contributed by atoms with Crippen molar-refractivity contribution >= 4 is 35.2 Å². The van der Waals surface area contributed by atoms with Crippen LogP contribution in [0.5, 0.6) is 0 Å². The average Bonchev–Trinajstić information content (AvgIpc) is 3.65. The summed E-state index contributed by atoms with van der Waals surface area (Å²) >= 11 is 0. The molecule has 11 rings (SSSR count). The Morgan fingerprint density at radius 1 is 0.492 bits per heavy atom. The van der Waals surface area contributed by atoms with Gasteiger partial charge in [-0.3, -0.25) is 4.99 Å². The molecule has 0 bridgehead atoms. The summed E-state index contributed by atoms with van der Waals surface area (Å²) in [5.41, 5.74) is 18.5. The number of benzene rings is 9. The Labute approximate surface area is 370 Å². The maximum atomic E-state index is 9.73. The van der Waals surface area contributed by atoms with Crippen LogP contribution in [0.3, 0.4) is 0 Å². The van der Waals surface area contributed by atoms with Crippen LogP contribution in [0.25, 0.3) is 39.1 Å². The van der Waals surface area contributed by atoms with Gasteiger partial charge in [0, 0.05) is 16.8 Å². The number of nitrogens with one attached hydrogen (secondary N) is 1. The van der Waals surface area contributed by atoms with E-state index in [1.807, 2.05) is 54.6 Å². The van der Waals surface area contributed by atoms with Gasteiger partial charge < -0.3 is 10.3 Å². The first-order valence-corrected chi connectivity index (χ1v) is 21.4. The first kappa shape index (κ1) is 39.0. The molecule has 0 aromatic heterocycles. The second kappa shape index (κ2) is 16.7. The van der Waals surface area contributed by atoms with E-state index in [1.54, 1.807) is 0 Å². The van der Waals surface area contributed by atoms with Crippen LogP contribution in [0.1, 0.15) is 38.9 Å². The fraction of sp³-hybridized carbons (Fsp3) is 0.0333. The van der Waals surface area contributed by atoms with Crippen molar-refractivity contribution in [1.82, 2.24) is 0 Å². The number of hydrogen-bond acceptors (Lipinski definition) is 3. The van der Waals surface area contributed by atoms with Crippen LogP contribution in [0.2, 0.25) is 0 Å². The molecular formula is C60H45N3. The fourth-order valence-electron chi connectivity index (χ4n) is 9.55. The summed E-state index contributed by atoms with van der Waals surface area (Å²) in [6.07, 6.45) is 1.86. The van der Waals surface area contributed by atoms with Gasteiger partial charge in [-0.25, -0.2) is 0 Å². The second-order valence-electron chi connectivity index (χ2n) is 16.0. The van der Waals surface area contributed by atoms with Crippen LogP contribution < -0.4 is 4.90 Å². The number of allylic oxidation sites excluding steroid dienone is 1. The standard InChI is InChI=1S/C53H37N3.C7H8/c1-55-49(37-19-7-3-8-20-37)35-48(54)42-25-16-28-47-52(42)43-34-40(39-22-15-21-38(33-39)36-17-5-2-6-18-36)31-32-44(43)53(47)45-26-11-13-29-50(45)56(41-23-9-4-10-24-41)51-30-14-12-27-46(51)53;1-7-5-3-2-4-6-7/h2-35,54H,1H2;2-6H,1H3/b49-35-,54-48?;. The van der Waals surface area contributed by atoms with E-state index in [9.17, 15) is 5.41 Å². The number of anilines is 3. The van der Waals surface area contributed by atoms with Gasteiger partial charge in [0.05, 0.1) is 28.2 Å². The van der Waals surface area contributed by atoms with Gasteiger partial charge in [0.1, 0.15) is 0 Å². The van der Waals surface area contributed by atoms with Crippen molar-refractivity contribution in [2.75, 3.05) is 4.90 Å². The number of fused-ring (bicyclic) bond motifs is 9. The molecule has 0 saturated heterocycles. The molecule has 1 aliphatic carbocycles. The predicted octanol–water partition coefficient (Wildman–Crippen LogP) is 15.3. The van der Waals surface area contributed by atoms with E-state index in [-0.39, 0.29) is 0 Å². The summed E-state index contributed by atoms with van der Waals surface area (Å²) < 4.78 is 0. The lowest BCUT2D eigenvalue weighted by molar-refractivity contribution is 0.752. The van der Waals surface area contributed by atoms with Crippen LogP contribution in [0.15, 0.2) is 242 Å². The Morgan fingerprint density at radius 3 is 1.62 bits per heavy atom. The van der Waals surface area contributed by atoms with E-state index < -0.39 is 5.41 Å². The number of aliphatic imine (C=N–C) groups is 1. The van der Waals surface area contributed by atoms with Crippen LogP contribution in [0.4, 0.5) is 17.1 Å². The summed E-state index contributed by atoms with van der Waals surface area (Å²) in [5.74, 6) is 0. The first-order chi connectivity index (χ1) is 31.1. The maximum Gasteiger partial charge on any atom is 0.0754 e. The molecule has 1 aliphatic heterocycles. The third kappa shape index (κ3) is 6.90. The Morgan fingerprint density at radius 2 is 1.00 bits per heavy atom. The molecule has 0 radical (unpaired) electrons. The number of nitrogens with zero attached hydrogens (tertiary/aromatic N) is 2. The molecule has 0 fully saturated rings. The molecule has 9 aromatic carbocycles. The molecule has 0 atom stereocenters. The molecule has 300 valence electrons. The van der Waals surface area contributed by atoms with Crippen LogP contribution in [0, 0.1) is 12.3 Å². The Bertz CT molecular complexity index is 3100. The Balaban J connectivity index is 0.000000616. The van der Waals surface area contributed by atoms with Gasteiger partial charge in [0.15, 0.2) is 0 Å². The SMILES string of the molecule is C=N/C(=C\C(=N)c1cccc2c1-c1cc(-c3cccc(-c4ccccc4)c3)ccc1C21c2ccccc2N(c2ccccc2)c2ccccc21)c1ccccc1.Cc1ccccc1. The van der Waals surface area contributed by atoms with E-state index >= 15 is 0 Å². The minimum absolute atomic E-state index is 0.385. The van der Waals surface area contributed by atoms with Crippen LogP contribution in [-0.2, 0) is 5.41 Å². The lowest BCUT2D eigenvalue weighted by Crippen LogP contribution is -2.36. The van der Waals surface area contributed by atoms with Gasteiger partial charge in [-0.1, -0.05) is 200 Å². The topological polar surface area (TPSA) is 39.5 Å². The lowest BCUT2D eigenvalue weighted by Gasteiger charge is -2.45. The highest BCUT2D eigenvalue weighted by Crippen LogP contribution is 2.64. The molecule has 2 aliphatic rings. The third-order valence-electron chi connectivity index (χ3n) is 12.3. The van der Waals surface area contributed by atoms with Gasteiger partial charge >= 0.3 is 0 Å². The summed E-state index contributed by atoms with van der Waals surface area (Å²) in [6, 6.07) is 81.4. The van der Waals surface area contributed by atoms with E-state index in [0.717, 1.165) is 50.4 Å². The predicted molar refractivity (Wildman–Crippen MR) is 265 cm³/mol. The Hall–Kier alpha value is -8.14. The zero-order chi connectivity index (χ0) is 42.8. The largest absolute Gasteiger partial charge is 0.310 e. The molecule has 1 heterocycles. The van der Waals surface area contributed by atoms with Crippen molar-refractivity contribution in [2.24, 2.45) is 4.99 Å². The Kier molecular flexibility index (Phi) is 10.4. The number of aryl methyl sites for hydroxylation is 1. The quantitative estimate of drug-likeness (QED) is 0.160. The molecule has 1 N–H and O–H groups in total. The van der Waals surface area contributed by atoms with E-state index in [0.29, 0.717) is 11.4 Å². The van der Waals surface area contributed by atoms with E-state index in [1.165, 1.54) is 38.9 Å². The molecule has 63 heavy (non-hydrogen) atoms. The maximum absolute atomic E-state index is 9.73. The monoisotopic (exact) mass is 807 g/mol. The number of hydrogen-bond donors (Lipinski definition) is 1. The molecular weight excluding hydrogens is 763 g/mol. The van der Waals surface area contributed by atoms with Crippen LogP contribution in [-0.4, -0.2) is 12.4 Å². The zero-order valence-electron chi connectivity index (χ0n) is 35.1. The molecule has 9 aromatic rings. The zero-order valence-corrected chi connectivity index (χ0v) is 35.1. The van der Waals surface area contributed by atoms with Crippen molar-refractivity contribution in [3.8, 4) is 33.4 Å². The van der Waals surface area contributed by atoms with Crippen molar-refractivity contribution < 1.29 is 0 Å². The normalized spacial score (nSPS) is 12.8. The van der Waals surface area contributed by atoms with Crippen molar-refractivity contribution in [2.45, 2.75) is 12.3 Å². The average molecular weight is 808 g/mol. The van der Waals surface area contributed by atoms with E-state index in [2.05, 4.69) is 206 Å². The summed E-state index contributed by atoms with van der Waals surface area (Å²) in [5, 5.41) is 9.73. The van der Waals surface area contributed by atoms with Gasteiger partial charge in [-0.2, -0.15) is 0 Å². The van der Waals surface area contributed by atoms with Crippen molar-refractivity contribution in [3.05, 3.63) is 276 Å². The minimum Gasteiger partial charge on any atom is -0.310 e. The van der Waals surface area contributed by atoms with Crippen LogP contribution >= 0.6 is 0 Å². The molecule has 0 unspecified atom stereocenters. The van der Waals surface area contributed by atoms with E-state index in [4.69, 9.17) is 0 Å². The fourth-order valence-corrected chi connectivity index (χ4v) is 9.55. The molecule has 3 nitrogen and oxygen atoms in total. The van der Waals surface area contributed by atoms with Crippen molar-refractivity contribution in [3.63, 3.8) is 0 Å². The van der Waals surface area contributed by atoms with Crippen molar-refractivity contribution in [1.29, 1.82) is 5.41 Å². The smallest absolute Gasteiger partial charge is 0.0754 e. The second-order valence-corrected chi connectivity index (χ2v) is 16.0. The molecule has 3 heteroatoms. The molecule has 0 amide bonds. The highest BCUT2D eigenvalue weighted by atomic mass is 15.2. The first-order valence-electron chi connectivity index (χ1n) is 21.4. The number of para-hydroxylation sites is 3. The summed E-state index contributed by atoms with van der Waals surface area (Å²) in [4.78, 5) is 6.79.